The molecule has 1 aliphatic heterocycles. The lowest BCUT2D eigenvalue weighted by Gasteiger charge is -2.29. The molecule has 104 valence electrons. The van der Waals surface area contributed by atoms with Gasteiger partial charge in [0.25, 0.3) is 0 Å². The molecule has 0 aliphatic carbocycles. The average Bonchev–Trinajstić information content (AvgIpc) is 2.71. The Balaban J connectivity index is 2.60. The first kappa shape index (κ1) is 14.8. The summed E-state index contributed by atoms with van der Waals surface area (Å²) in [6.45, 7) is 7.19. The molecule has 0 aromatic heterocycles. The second-order valence-electron chi connectivity index (χ2n) is 5.92. The highest BCUT2D eigenvalue weighted by Gasteiger charge is 2.35. The molecule has 1 rings (SSSR count). The number of urea groups is 1. The summed E-state index contributed by atoms with van der Waals surface area (Å²) in [5, 5.41) is 11.7. The number of hydrogen-bond acceptors (Lipinski definition) is 3. The van der Waals surface area contributed by atoms with E-state index in [-0.39, 0.29) is 6.03 Å². The Hall–Kier alpha value is -1.30. The minimum atomic E-state index is -1.01. The first-order chi connectivity index (χ1) is 8.25. The van der Waals surface area contributed by atoms with E-state index in [1.807, 2.05) is 0 Å². The van der Waals surface area contributed by atoms with Crippen molar-refractivity contribution in [1.82, 2.24) is 10.2 Å². The third kappa shape index (κ3) is 3.60. The van der Waals surface area contributed by atoms with Crippen molar-refractivity contribution in [1.29, 1.82) is 0 Å². The zero-order chi connectivity index (χ0) is 13.9. The van der Waals surface area contributed by atoms with E-state index in [4.69, 9.17) is 10.8 Å². The van der Waals surface area contributed by atoms with Crippen LogP contribution in [0.4, 0.5) is 4.79 Å². The van der Waals surface area contributed by atoms with Crippen molar-refractivity contribution in [2.24, 2.45) is 17.1 Å². The molecule has 0 aromatic carbocycles. The van der Waals surface area contributed by atoms with Crippen LogP contribution < -0.4 is 11.1 Å². The minimum Gasteiger partial charge on any atom is -0.480 e. The van der Waals surface area contributed by atoms with Crippen molar-refractivity contribution in [2.45, 2.75) is 33.2 Å². The summed E-state index contributed by atoms with van der Waals surface area (Å²) in [5.41, 5.74) is 5.04. The van der Waals surface area contributed by atoms with Gasteiger partial charge in [-0.15, -0.1) is 0 Å². The van der Waals surface area contributed by atoms with Gasteiger partial charge in [0.05, 0.1) is 0 Å². The molecule has 1 aliphatic rings. The lowest BCUT2D eigenvalue weighted by Crippen LogP contribution is -2.53. The Kier molecular flexibility index (Phi) is 4.56. The number of likely N-dealkylation sites (tertiary alicyclic amines) is 1. The highest BCUT2D eigenvalue weighted by molar-refractivity contribution is 5.83. The number of hydrogen-bond donors (Lipinski definition) is 3. The van der Waals surface area contributed by atoms with Gasteiger partial charge in [0.2, 0.25) is 0 Å². The molecule has 0 bridgehead atoms. The predicted octanol–water partition coefficient (Wildman–Crippen LogP) is 0.476. The molecule has 0 spiro atoms. The van der Waals surface area contributed by atoms with Gasteiger partial charge in [-0.1, -0.05) is 20.8 Å². The van der Waals surface area contributed by atoms with Crippen LogP contribution >= 0.6 is 0 Å². The number of carboxylic acids is 1. The van der Waals surface area contributed by atoms with Gasteiger partial charge in [-0.3, -0.25) is 0 Å². The molecule has 1 saturated heterocycles. The Morgan fingerprint density at radius 1 is 1.50 bits per heavy atom. The first-order valence-electron chi connectivity index (χ1n) is 6.24. The molecule has 2 atom stereocenters. The van der Waals surface area contributed by atoms with Crippen LogP contribution in [0, 0.1) is 11.3 Å². The Morgan fingerprint density at radius 2 is 2.11 bits per heavy atom. The van der Waals surface area contributed by atoms with E-state index < -0.39 is 17.4 Å². The summed E-state index contributed by atoms with van der Waals surface area (Å²) in [5.74, 6) is -0.681. The van der Waals surface area contributed by atoms with Crippen molar-refractivity contribution in [3.63, 3.8) is 0 Å². The highest BCUT2D eigenvalue weighted by Crippen LogP contribution is 2.21. The smallest absolute Gasteiger partial charge is 0.326 e. The molecule has 1 unspecified atom stereocenters. The molecular formula is C12H23N3O3. The molecular weight excluding hydrogens is 234 g/mol. The predicted molar refractivity (Wildman–Crippen MR) is 68.1 cm³/mol. The summed E-state index contributed by atoms with van der Waals surface area (Å²) in [6.07, 6.45) is 0.886. The fourth-order valence-corrected chi connectivity index (χ4v) is 2.07. The summed E-state index contributed by atoms with van der Waals surface area (Å²) < 4.78 is 0. The molecule has 0 radical (unpaired) electrons. The Labute approximate surface area is 108 Å². The number of carbonyl (C=O) groups is 2. The molecule has 18 heavy (non-hydrogen) atoms. The molecule has 1 heterocycles. The Bertz CT molecular complexity index is 325. The summed E-state index contributed by atoms with van der Waals surface area (Å²) in [6, 6.07) is -1.20. The molecule has 1 fully saturated rings. The molecule has 0 aromatic rings. The highest BCUT2D eigenvalue weighted by atomic mass is 16.4. The van der Waals surface area contributed by atoms with Crippen LogP contribution in [0.15, 0.2) is 0 Å². The number of rotatable bonds is 3. The van der Waals surface area contributed by atoms with E-state index in [1.54, 1.807) is 25.7 Å². The van der Waals surface area contributed by atoms with Gasteiger partial charge in [-0.2, -0.15) is 0 Å². The van der Waals surface area contributed by atoms with Crippen molar-refractivity contribution < 1.29 is 14.7 Å². The first-order valence-corrected chi connectivity index (χ1v) is 6.24. The lowest BCUT2D eigenvalue weighted by atomic mass is 9.87. The van der Waals surface area contributed by atoms with Crippen LogP contribution in [-0.4, -0.2) is 47.7 Å². The quantitative estimate of drug-likeness (QED) is 0.685. The number of nitrogens with two attached hydrogens (primary N) is 1. The van der Waals surface area contributed by atoms with E-state index in [9.17, 15) is 9.59 Å². The van der Waals surface area contributed by atoms with Gasteiger partial charge >= 0.3 is 12.0 Å². The maximum atomic E-state index is 12.0. The van der Waals surface area contributed by atoms with Crippen LogP contribution in [0.2, 0.25) is 0 Å². The van der Waals surface area contributed by atoms with Gasteiger partial charge in [0.1, 0.15) is 6.04 Å². The second kappa shape index (κ2) is 5.56. The van der Waals surface area contributed by atoms with Crippen LogP contribution in [0.1, 0.15) is 27.2 Å². The van der Waals surface area contributed by atoms with Gasteiger partial charge in [0.15, 0.2) is 0 Å². The Morgan fingerprint density at radius 3 is 2.50 bits per heavy atom. The third-order valence-electron chi connectivity index (χ3n) is 3.29. The lowest BCUT2D eigenvalue weighted by molar-refractivity contribution is -0.142. The normalized spacial score (nSPS) is 21.8. The van der Waals surface area contributed by atoms with E-state index in [0.29, 0.717) is 25.6 Å². The van der Waals surface area contributed by atoms with Crippen molar-refractivity contribution in [2.75, 3.05) is 19.6 Å². The van der Waals surface area contributed by atoms with Gasteiger partial charge in [-0.05, 0) is 24.3 Å². The van der Waals surface area contributed by atoms with E-state index >= 15 is 0 Å². The summed E-state index contributed by atoms with van der Waals surface area (Å²) >= 11 is 0. The average molecular weight is 257 g/mol. The number of aliphatic carboxylic acids is 1. The number of nitrogens with one attached hydrogen (secondary N) is 1. The SMILES string of the molecule is CC(C)(C)[C@H](NC(=O)N1CCC(CN)C1)C(=O)O. The van der Waals surface area contributed by atoms with Gasteiger partial charge < -0.3 is 21.1 Å². The monoisotopic (exact) mass is 257 g/mol. The molecule has 4 N–H and O–H groups in total. The maximum Gasteiger partial charge on any atom is 0.326 e. The van der Waals surface area contributed by atoms with E-state index in [1.165, 1.54) is 0 Å². The van der Waals surface area contributed by atoms with Crippen LogP contribution in [0.5, 0.6) is 0 Å². The number of amides is 2. The molecule has 6 heteroatoms. The second-order valence-corrected chi connectivity index (χ2v) is 5.92. The fraction of sp³-hybridized carbons (Fsp3) is 0.833. The topological polar surface area (TPSA) is 95.7 Å². The van der Waals surface area contributed by atoms with Crippen LogP contribution in [0.25, 0.3) is 0 Å². The van der Waals surface area contributed by atoms with Crippen molar-refractivity contribution in [3.05, 3.63) is 0 Å². The molecule has 6 nitrogen and oxygen atoms in total. The van der Waals surface area contributed by atoms with Crippen LogP contribution in [-0.2, 0) is 4.79 Å². The largest absolute Gasteiger partial charge is 0.480 e. The van der Waals surface area contributed by atoms with Crippen molar-refractivity contribution >= 4 is 12.0 Å². The fourth-order valence-electron chi connectivity index (χ4n) is 2.07. The third-order valence-corrected chi connectivity index (χ3v) is 3.29. The van der Waals surface area contributed by atoms with Crippen molar-refractivity contribution in [3.8, 4) is 0 Å². The van der Waals surface area contributed by atoms with Gasteiger partial charge in [0, 0.05) is 13.1 Å². The van der Waals surface area contributed by atoms with Gasteiger partial charge in [-0.25, -0.2) is 9.59 Å². The standard InChI is InChI=1S/C12H23N3O3/c1-12(2,3)9(10(16)17)14-11(18)15-5-4-8(6-13)7-15/h8-9H,4-7,13H2,1-3H3,(H,14,18)(H,16,17)/t8?,9-/m1/s1. The number of carbonyl (C=O) groups excluding carboxylic acids is 1. The zero-order valence-electron chi connectivity index (χ0n) is 11.3. The maximum absolute atomic E-state index is 12.0. The van der Waals surface area contributed by atoms with E-state index in [0.717, 1.165) is 6.42 Å². The number of nitrogens with zero attached hydrogens (tertiary/aromatic N) is 1. The molecule has 0 saturated carbocycles. The minimum absolute atomic E-state index is 0.312. The van der Waals surface area contributed by atoms with Crippen LogP contribution in [0.3, 0.4) is 0 Å². The van der Waals surface area contributed by atoms with E-state index in [2.05, 4.69) is 5.32 Å². The zero-order valence-corrected chi connectivity index (χ0v) is 11.3. The number of carboxylic acid groups (broad SMARTS) is 1. The summed E-state index contributed by atoms with van der Waals surface area (Å²) in [7, 11) is 0. The summed E-state index contributed by atoms with van der Waals surface area (Å²) in [4.78, 5) is 24.8. The molecule has 2 amide bonds.